The lowest BCUT2D eigenvalue weighted by atomic mass is 10.1. The Hall–Kier alpha value is -0.770. The van der Waals surface area contributed by atoms with Crippen LogP contribution in [-0.2, 0) is 4.74 Å². The number of methoxy groups -OCH3 is 1. The van der Waals surface area contributed by atoms with Gasteiger partial charge in [0.15, 0.2) is 5.96 Å². The molecule has 1 aliphatic carbocycles. The summed E-state index contributed by atoms with van der Waals surface area (Å²) < 4.78 is 5.30. The number of rotatable bonds is 2. The number of nitrogens with zero attached hydrogens (tertiary/aromatic N) is 1. The summed E-state index contributed by atoms with van der Waals surface area (Å²) >= 11 is 0. The summed E-state index contributed by atoms with van der Waals surface area (Å²) in [7, 11) is 1.71. The molecule has 0 aromatic rings. The fraction of sp³-hybridized carbons (Fsp3) is 0.900. The van der Waals surface area contributed by atoms with E-state index < -0.39 is 0 Å². The highest BCUT2D eigenvalue weighted by molar-refractivity contribution is 5.79. The van der Waals surface area contributed by atoms with Crippen molar-refractivity contribution in [1.29, 1.82) is 0 Å². The van der Waals surface area contributed by atoms with Crippen molar-refractivity contribution < 1.29 is 4.74 Å². The molecule has 1 aliphatic rings. The molecule has 14 heavy (non-hydrogen) atoms. The zero-order valence-electron chi connectivity index (χ0n) is 9.72. The maximum absolute atomic E-state index is 5.76. The number of hydrogen-bond donors (Lipinski definition) is 2. The summed E-state index contributed by atoms with van der Waals surface area (Å²) in [4.78, 5) is 4.36. The lowest BCUT2D eigenvalue weighted by Gasteiger charge is -2.21. The van der Waals surface area contributed by atoms with E-state index >= 15 is 0 Å². The molecule has 1 saturated carbocycles. The third-order valence-electron chi connectivity index (χ3n) is 2.41. The van der Waals surface area contributed by atoms with Crippen LogP contribution in [0.4, 0.5) is 0 Å². The van der Waals surface area contributed by atoms with Gasteiger partial charge in [0.1, 0.15) is 0 Å². The number of nitrogens with one attached hydrogen (secondary N) is 1. The second kappa shape index (κ2) is 3.42. The monoisotopic (exact) mass is 199 g/mol. The van der Waals surface area contributed by atoms with Gasteiger partial charge in [-0.3, -0.25) is 0 Å². The summed E-state index contributed by atoms with van der Waals surface area (Å²) in [5, 5.41) is 3.12. The van der Waals surface area contributed by atoms with Gasteiger partial charge in [0.05, 0.1) is 11.6 Å². The molecular weight excluding hydrogens is 178 g/mol. The summed E-state index contributed by atoms with van der Waals surface area (Å²) in [5.74, 6) is 0.503. The first-order chi connectivity index (χ1) is 6.27. The number of aliphatic imine (C=N–C) groups is 1. The van der Waals surface area contributed by atoms with Crippen LogP contribution in [0.5, 0.6) is 0 Å². The molecule has 4 heteroatoms. The van der Waals surface area contributed by atoms with Gasteiger partial charge in [-0.25, -0.2) is 4.99 Å². The molecule has 0 aromatic carbocycles. The van der Waals surface area contributed by atoms with Crippen LogP contribution in [0.2, 0.25) is 0 Å². The molecule has 0 bridgehead atoms. The van der Waals surface area contributed by atoms with Gasteiger partial charge in [0.25, 0.3) is 0 Å². The van der Waals surface area contributed by atoms with Crippen LogP contribution < -0.4 is 11.1 Å². The summed E-state index contributed by atoms with van der Waals surface area (Å²) in [6.07, 6.45) is 0.954. The van der Waals surface area contributed by atoms with E-state index in [0.29, 0.717) is 5.96 Å². The van der Waals surface area contributed by atoms with E-state index in [1.807, 2.05) is 6.92 Å². The summed E-state index contributed by atoms with van der Waals surface area (Å²) in [6.45, 7) is 8.21. The largest absolute Gasteiger partial charge is 0.376 e. The van der Waals surface area contributed by atoms with Crippen molar-refractivity contribution in [2.75, 3.05) is 7.11 Å². The minimum absolute atomic E-state index is 0.0358. The first kappa shape index (κ1) is 11.3. The zero-order chi connectivity index (χ0) is 11.0. The minimum atomic E-state index is -0.0931. The molecule has 0 heterocycles. The second-order valence-corrected chi connectivity index (χ2v) is 5.13. The van der Waals surface area contributed by atoms with Gasteiger partial charge in [-0.2, -0.15) is 0 Å². The van der Waals surface area contributed by atoms with Crippen LogP contribution in [0.3, 0.4) is 0 Å². The van der Waals surface area contributed by atoms with Gasteiger partial charge in [-0.15, -0.1) is 0 Å². The zero-order valence-corrected chi connectivity index (χ0v) is 9.72. The Labute approximate surface area is 85.9 Å². The highest BCUT2D eigenvalue weighted by atomic mass is 16.5. The van der Waals surface area contributed by atoms with Crippen molar-refractivity contribution in [3.63, 3.8) is 0 Å². The lowest BCUT2D eigenvalue weighted by molar-refractivity contribution is 0.0918. The fourth-order valence-electron chi connectivity index (χ4n) is 1.31. The van der Waals surface area contributed by atoms with Gasteiger partial charge < -0.3 is 15.8 Å². The topological polar surface area (TPSA) is 59.6 Å². The van der Waals surface area contributed by atoms with Crippen molar-refractivity contribution >= 4 is 5.96 Å². The van der Waals surface area contributed by atoms with Crippen LogP contribution in [-0.4, -0.2) is 30.3 Å². The molecule has 0 amide bonds. The molecule has 0 spiro atoms. The van der Waals surface area contributed by atoms with Gasteiger partial charge in [0, 0.05) is 19.1 Å². The predicted molar refractivity (Wildman–Crippen MR) is 58.3 cm³/mol. The van der Waals surface area contributed by atoms with Crippen LogP contribution in [0, 0.1) is 0 Å². The second-order valence-electron chi connectivity index (χ2n) is 5.13. The Balaban J connectivity index is 2.47. The highest BCUT2D eigenvalue weighted by Crippen LogP contribution is 2.41. The van der Waals surface area contributed by atoms with E-state index in [1.54, 1.807) is 7.11 Å². The van der Waals surface area contributed by atoms with Crippen LogP contribution in [0.15, 0.2) is 4.99 Å². The molecule has 0 saturated heterocycles. The predicted octanol–water partition coefficient (Wildman–Crippen LogP) is 0.867. The minimum Gasteiger partial charge on any atom is -0.376 e. The van der Waals surface area contributed by atoms with Crippen molar-refractivity contribution in [3.8, 4) is 0 Å². The maximum atomic E-state index is 5.76. The Kier molecular flexibility index (Phi) is 2.76. The lowest BCUT2D eigenvalue weighted by Crippen LogP contribution is -2.45. The van der Waals surface area contributed by atoms with E-state index in [0.717, 1.165) is 6.42 Å². The maximum Gasteiger partial charge on any atom is 0.189 e. The Morgan fingerprint density at radius 3 is 2.50 bits per heavy atom. The van der Waals surface area contributed by atoms with Gasteiger partial charge in [0.2, 0.25) is 0 Å². The van der Waals surface area contributed by atoms with E-state index in [4.69, 9.17) is 10.5 Å². The molecular formula is C10H21N3O. The summed E-state index contributed by atoms with van der Waals surface area (Å²) in [6, 6.07) is 0.211. The smallest absolute Gasteiger partial charge is 0.189 e. The molecule has 1 rings (SSSR count). The van der Waals surface area contributed by atoms with Gasteiger partial charge >= 0.3 is 0 Å². The van der Waals surface area contributed by atoms with Crippen molar-refractivity contribution in [2.24, 2.45) is 10.7 Å². The third-order valence-corrected chi connectivity index (χ3v) is 2.41. The Morgan fingerprint density at radius 2 is 2.14 bits per heavy atom. The van der Waals surface area contributed by atoms with Crippen LogP contribution in [0.25, 0.3) is 0 Å². The molecule has 2 atom stereocenters. The first-order valence-electron chi connectivity index (χ1n) is 4.93. The Bertz CT molecular complexity index is 244. The third kappa shape index (κ3) is 2.87. The molecule has 3 N–H and O–H groups in total. The molecule has 0 aromatic heterocycles. The molecule has 4 nitrogen and oxygen atoms in total. The van der Waals surface area contributed by atoms with Crippen molar-refractivity contribution in [3.05, 3.63) is 0 Å². The van der Waals surface area contributed by atoms with Crippen LogP contribution in [0.1, 0.15) is 34.1 Å². The molecule has 0 radical (unpaired) electrons. The van der Waals surface area contributed by atoms with Gasteiger partial charge in [-0.05, 0) is 27.7 Å². The summed E-state index contributed by atoms with van der Waals surface area (Å²) in [5.41, 5.74) is 5.63. The number of ether oxygens (including phenoxy) is 1. The molecule has 0 aliphatic heterocycles. The molecule has 2 unspecified atom stereocenters. The number of hydrogen-bond acceptors (Lipinski definition) is 2. The normalized spacial score (nSPS) is 32.9. The Morgan fingerprint density at radius 1 is 1.57 bits per heavy atom. The van der Waals surface area contributed by atoms with E-state index in [-0.39, 0.29) is 17.2 Å². The highest BCUT2D eigenvalue weighted by Gasteiger charge is 2.51. The van der Waals surface area contributed by atoms with Crippen LogP contribution >= 0.6 is 0 Å². The standard InChI is InChI=1S/C10H21N3O/c1-9(2,3)13-8(11)12-7-6-10(7,4)14-5/h7H,6H2,1-5H3,(H3,11,12,13). The van der Waals surface area contributed by atoms with E-state index in [9.17, 15) is 0 Å². The van der Waals surface area contributed by atoms with Crippen molar-refractivity contribution in [2.45, 2.75) is 51.3 Å². The molecule has 1 fully saturated rings. The van der Waals surface area contributed by atoms with Crippen molar-refractivity contribution in [1.82, 2.24) is 5.32 Å². The van der Waals surface area contributed by atoms with Gasteiger partial charge in [-0.1, -0.05) is 0 Å². The quantitative estimate of drug-likeness (QED) is 0.512. The van der Waals surface area contributed by atoms with E-state index in [1.165, 1.54) is 0 Å². The fourth-order valence-corrected chi connectivity index (χ4v) is 1.31. The first-order valence-corrected chi connectivity index (χ1v) is 4.93. The number of guanidine groups is 1. The average molecular weight is 199 g/mol. The van der Waals surface area contributed by atoms with E-state index in [2.05, 4.69) is 31.1 Å². The number of nitrogens with two attached hydrogens (primary N) is 1. The molecule has 82 valence electrons. The average Bonchev–Trinajstić information content (AvgIpc) is 2.58. The SMILES string of the molecule is COC1(C)CC1N=C(N)NC(C)(C)C.